The van der Waals surface area contributed by atoms with Crippen LogP contribution >= 0.6 is 12.4 Å². The third-order valence-corrected chi connectivity index (χ3v) is 3.50. The zero-order chi connectivity index (χ0) is 13.5. The number of rotatable bonds is 6. The second-order valence-corrected chi connectivity index (χ2v) is 4.96. The number of ether oxygens (including phenoxy) is 1. The van der Waals surface area contributed by atoms with Gasteiger partial charge in [-0.1, -0.05) is 12.1 Å². The average molecular weight is 299 g/mol. The summed E-state index contributed by atoms with van der Waals surface area (Å²) in [6.45, 7) is 1.87. The van der Waals surface area contributed by atoms with Gasteiger partial charge in [-0.2, -0.15) is 0 Å². The molecule has 0 bridgehead atoms. The molecule has 1 saturated heterocycles. The lowest BCUT2D eigenvalue weighted by atomic mass is 10.1. The molecule has 1 aromatic carbocycles. The first-order valence-electron chi connectivity index (χ1n) is 6.91. The molecule has 0 aliphatic carbocycles. The van der Waals surface area contributed by atoms with Crippen molar-refractivity contribution in [3.63, 3.8) is 0 Å². The number of benzene rings is 1. The standard InChI is InChI=1S/C15H22N2O2.ClH/c1-19-14-6-4-12(5-7-14)11-15(18)17-10-8-13-3-2-9-16-13;/h4-7,13,16H,2-3,8-11H2,1H3,(H,17,18);1H/t13-;/m1./s1. The van der Waals surface area contributed by atoms with E-state index in [1.807, 2.05) is 24.3 Å². The van der Waals surface area contributed by atoms with Gasteiger partial charge in [0.2, 0.25) is 5.91 Å². The van der Waals surface area contributed by atoms with Gasteiger partial charge in [-0.15, -0.1) is 12.4 Å². The molecule has 2 rings (SSSR count). The van der Waals surface area contributed by atoms with Gasteiger partial charge in [0, 0.05) is 12.6 Å². The fourth-order valence-corrected chi connectivity index (χ4v) is 2.38. The highest BCUT2D eigenvalue weighted by atomic mass is 35.5. The molecule has 0 saturated carbocycles. The number of hydrogen-bond donors (Lipinski definition) is 2. The monoisotopic (exact) mass is 298 g/mol. The molecule has 2 N–H and O–H groups in total. The molecule has 0 unspecified atom stereocenters. The van der Waals surface area contributed by atoms with Crippen molar-refractivity contribution in [2.75, 3.05) is 20.2 Å². The van der Waals surface area contributed by atoms with E-state index in [1.54, 1.807) is 7.11 Å². The van der Waals surface area contributed by atoms with Crippen molar-refractivity contribution < 1.29 is 9.53 Å². The number of hydrogen-bond acceptors (Lipinski definition) is 3. The molecule has 0 aromatic heterocycles. The van der Waals surface area contributed by atoms with Gasteiger partial charge >= 0.3 is 0 Å². The van der Waals surface area contributed by atoms with E-state index < -0.39 is 0 Å². The molecule has 20 heavy (non-hydrogen) atoms. The van der Waals surface area contributed by atoms with Crippen molar-refractivity contribution in [1.29, 1.82) is 0 Å². The Labute approximate surface area is 126 Å². The van der Waals surface area contributed by atoms with Gasteiger partial charge in [-0.25, -0.2) is 0 Å². The Bertz CT molecular complexity index is 403. The van der Waals surface area contributed by atoms with E-state index in [9.17, 15) is 4.79 Å². The van der Waals surface area contributed by atoms with Crippen LogP contribution in [0.15, 0.2) is 24.3 Å². The van der Waals surface area contributed by atoms with Crippen LogP contribution in [-0.4, -0.2) is 32.1 Å². The summed E-state index contributed by atoms with van der Waals surface area (Å²) < 4.78 is 5.09. The second kappa shape index (κ2) is 8.82. The van der Waals surface area contributed by atoms with Crippen LogP contribution in [-0.2, 0) is 11.2 Å². The Morgan fingerprint density at radius 1 is 1.40 bits per heavy atom. The number of methoxy groups -OCH3 is 1. The maximum Gasteiger partial charge on any atom is 0.224 e. The molecular formula is C15H23ClN2O2. The Morgan fingerprint density at radius 3 is 2.75 bits per heavy atom. The molecular weight excluding hydrogens is 276 g/mol. The minimum absolute atomic E-state index is 0. The number of halogens is 1. The van der Waals surface area contributed by atoms with Crippen molar-refractivity contribution >= 4 is 18.3 Å². The highest BCUT2D eigenvalue weighted by Crippen LogP contribution is 2.11. The van der Waals surface area contributed by atoms with E-state index in [-0.39, 0.29) is 18.3 Å². The molecule has 4 nitrogen and oxygen atoms in total. The first kappa shape index (κ1) is 16.8. The first-order chi connectivity index (χ1) is 9.28. The van der Waals surface area contributed by atoms with Crippen LogP contribution in [0.4, 0.5) is 0 Å². The van der Waals surface area contributed by atoms with Crippen LogP contribution in [0.1, 0.15) is 24.8 Å². The van der Waals surface area contributed by atoms with Crippen molar-refractivity contribution in [1.82, 2.24) is 10.6 Å². The van der Waals surface area contributed by atoms with Crippen LogP contribution in [0.2, 0.25) is 0 Å². The van der Waals surface area contributed by atoms with Crippen LogP contribution in [0.5, 0.6) is 5.75 Å². The summed E-state index contributed by atoms with van der Waals surface area (Å²) in [5, 5.41) is 6.40. The lowest BCUT2D eigenvalue weighted by Gasteiger charge is -2.10. The summed E-state index contributed by atoms with van der Waals surface area (Å²) in [5.74, 6) is 0.902. The zero-order valence-corrected chi connectivity index (χ0v) is 12.7. The summed E-state index contributed by atoms with van der Waals surface area (Å²) in [6, 6.07) is 8.20. The predicted molar refractivity (Wildman–Crippen MR) is 82.6 cm³/mol. The Balaban J connectivity index is 0.00000200. The van der Waals surface area contributed by atoms with Crippen LogP contribution in [0, 0.1) is 0 Å². The van der Waals surface area contributed by atoms with Crippen molar-refractivity contribution in [3.8, 4) is 5.75 Å². The molecule has 1 aromatic rings. The summed E-state index contributed by atoms with van der Waals surface area (Å²) >= 11 is 0. The lowest BCUT2D eigenvalue weighted by Crippen LogP contribution is -2.31. The predicted octanol–water partition coefficient (Wildman–Crippen LogP) is 1.92. The van der Waals surface area contributed by atoms with Crippen molar-refractivity contribution in [3.05, 3.63) is 29.8 Å². The first-order valence-corrected chi connectivity index (χ1v) is 6.91. The molecule has 1 aliphatic rings. The number of amides is 1. The van der Waals surface area contributed by atoms with Crippen molar-refractivity contribution in [2.45, 2.75) is 31.7 Å². The van der Waals surface area contributed by atoms with Gasteiger partial charge in [-0.3, -0.25) is 4.79 Å². The van der Waals surface area contributed by atoms with E-state index in [0.29, 0.717) is 12.5 Å². The number of carbonyl (C=O) groups is 1. The Hall–Kier alpha value is -1.26. The lowest BCUT2D eigenvalue weighted by molar-refractivity contribution is -0.120. The molecule has 1 aliphatic heterocycles. The van der Waals surface area contributed by atoms with E-state index >= 15 is 0 Å². The van der Waals surface area contributed by atoms with Gasteiger partial charge in [0.25, 0.3) is 0 Å². The normalized spacial score (nSPS) is 17.4. The Kier molecular flexibility index (Phi) is 7.41. The summed E-state index contributed by atoms with van der Waals surface area (Å²) in [6.07, 6.45) is 3.94. The molecule has 1 atom stereocenters. The third kappa shape index (κ3) is 5.39. The maximum atomic E-state index is 11.8. The highest BCUT2D eigenvalue weighted by Gasteiger charge is 2.13. The fourth-order valence-electron chi connectivity index (χ4n) is 2.38. The minimum atomic E-state index is 0. The maximum absolute atomic E-state index is 11.8. The average Bonchev–Trinajstić information content (AvgIpc) is 2.93. The van der Waals surface area contributed by atoms with Gasteiger partial charge < -0.3 is 15.4 Å². The van der Waals surface area contributed by atoms with Crippen LogP contribution in [0.3, 0.4) is 0 Å². The summed E-state index contributed by atoms with van der Waals surface area (Å²) in [5.41, 5.74) is 1.01. The minimum Gasteiger partial charge on any atom is -0.497 e. The van der Waals surface area contributed by atoms with Gasteiger partial charge in [-0.05, 0) is 43.5 Å². The molecule has 1 heterocycles. The van der Waals surface area contributed by atoms with Crippen LogP contribution < -0.4 is 15.4 Å². The van der Waals surface area contributed by atoms with E-state index in [0.717, 1.165) is 30.8 Å². The third-order valence-electron chi connectivity index (χ3n) is 3.50. The topological polar surface area (TPSA) is 50.4 Å². The zero-order valence-electron chi connectivity index (χ0n) is 11.9. The summed E-state index contributed by atoms with van der Waals surface area (Å²) in [7, 11) is 1.64. The van der Waals surface area contributed by atoms with Gasteiger partial charge in [0.15, 0.2) is 0 Å². The molecule has 0 radical (unpaired) electrons. The molecule has 112 valence electrons. The number of nitrogens with one attached hydrogen (secondary N) is 2. The smallest absolute Gasteiger partial charge is 0.224 e. The fraction of sp³-hybridized carbons (Fsp3) is 0.533. The highest BCUT2D eigenvalue weighted by molar-refractivity contribution is 5.85. The van der Waals surface area contributed by atoms with E-state index in [1.165, 1.54) is 12.8 Å². The molecule has 5 heteroatoms. The van der Waals surface area contributed by atoms with E-state index in [4.69, 9.17) is 4.74 Å². The molecule has 0 spiro atoms. The van der Waals surface area contributed by atoms with E-state index in [2.05, 4.69) is 10.6 Å². The van der Waals surface area contributed by atoms with Crippen molar-refractivity contribution in [2.24, 2.45) is 0 Å². The van der Waals surface area contributed by atoms with Gasteiger partial charge in [0.1, 0.15) is 5.75 Å². The van der Waals surface area contributed by atoms with Crippen LogP contribution in [0.25, 0.3) is 0 Å². The van der Waals surface area contributed by atoms with Gasteiger partial charge in [0.05, 0.1) is 13.5 Å². The molecule has 1 amide bonds. The quantitative estimate of drug-likeness (QED) is 0.843. The summed E-state index contributed by atoms with van der Waals surface area (Å²) in [4.78, 5) is 11.8. The number of carbonyl (C=O) groups excluding carboxylic acids is 1. The largest absolute Gasteiger partial charge is 0.497 e. The SMILES string of the molecule is COc1ccc(CC(=O)NCC[C@H]2CCCN2)cc1.Cl. The molecule has 1 fully saturated rings. The Morgan fingerprint density at radius 2 is 2.15 bits per heavy atom. The second-order valence-electron chi connectivity index (χ2n) is 4.96.